The minimum Gasteiger partial charge on any atom is -0.481 e. The summed E-state index contributed by atoms with van der Waals surface area (Å²) in [6, 6.07) is 0. The van der Waals surface area contributed by atoms with E-state index in [4.69, 9.17) is 5.11 Å². The van der Waals surface area contributed by atoms with Crippen LogP contribution in [0.4, 0.5) is 0 Å². The third kappa shape index (κ3) is 6.29. The predicted octanol–water partition coefficient (Wildman–Crippen LogP) is 2.38. The fourth-order valence-corrected chi connectivity index (χ4v) is 1.62. The van der Waals surface area contributed by atoms with Crippen LogP contribution in [0.25, 0.3) is 0 Å². The minimum absolute atomic E-state index is 0.0502. The molecule has 0 aliphatic heterocycles. The first-order valence-corrected chi connectivity index (χ1v) is 6.41. The Labute approximate surface area is 104 Å². The SMILES string of the molecule is CCCCCN(CC(C)C(=O)O)C(=O)C(C)C. The van der Waals surface area contributed by atoms with Gasteiger partial charge >= 0.3 is 5.97 Å². The van der Waals surface area contributed by atoms with Gasteiger partial charge in [0.15, 0.2) is 0 Å². The van der Waals surface area contributed by atoms with Gasteiger partial charge in [-0.2, -0.15) is 0 Å². The van der Waals surface area contributed by atoms with Crippen LogP contribution in [-0.2, 0) is 9.59 Å². The van der Waals surface area contributed by atoms with Gasteiger partial charge in [0.2, 0.25) is 5.91 Å². The number of hydrogen-bond acceptors (Lipinski definition) is 2. The van der Waals surface area contributed by atoms with E-state index in [-0.39, 0.29) is 11.8 Å². The summed E-state index contributed by atoms with van der Waals surface area (Å²) in [4.78, 5) is 24.4. The van der Waals surface area contributed by atoms with Crippen LogP contribution < -0.4 is 0 Å². The summed E-state index contributed by atoms with van der Waals surface area (Å²) in [5.41, 5.74) is 0. The number of rotatable bonds is 8. The molecule has 1 N–H and O–H groups in total. The van der Waals surface area contributed by atoms with E-state index >= 15 is 0 Å². The molecule has 0 aromatic carbocycles. The zero-order chi connectivity index (χ0) is 13.4. The standard InChI is InChI=1S/C13H25NO3/c1-5-6-7-8-14(12(15)10(2)3)9-11(4)13(16)17/h10-11H,5-9H2,1-4H3,(H,16,17). The lowest BCUT2D eigenvalue weighted by molar-refractivity contribution is -0.143. The van der Waals surface area contributed by atoms with Gasteiger partial charge in [-0.15, -0.1) is 0 Å². The molecule has 4 heteroatoms. The molecule has 0 radical (unpaired) electrons. The Morgan fingerprint density at radius 3 is 2.18 bits per heavy atom. The molecule has 0 rings (SSSR count). The molecule has 100 valence electrons. The normalized spacial score (nSPS) is 12.5. The van der Waals surface area contributed by atoms with Gasteiger partial charge in [0.05, 0.1) is 5.92 Å². The number of hydrogen-bond donors (Lipinski definition) is 1. The molecule has 0 saturated heterocycles. The highest BCUT2D eigenvalue weighted by atomic mass is 16.4. The van der Waals surface area contributed by atoms with Crippen LogP contribution in [0.15, 0.2) is 0 Å². The fraction of sp³-hybridized carbons (Fsp3) is 0.846. The highest BCUT2D eigenvalue weighted by Gasteiger charge is 2.21. The second-order valence-corrected chi connectivity index (χ2v) is 4.89. The number of unbranched alkanes of at least 4 members (excludes halogenated alkanes) is 2. The monoisotopic (exact) mass is 243 g/mol. The van der Waals surface area contributed by atoms with Gasteiger partial charge in [-0.25, -0.2) is 0 Å². The van der Waals surface area contributed by atoms with Crippen molar-refractivity contribution in [2.24, 2.45) is 11.8 Å². The Balaban J connectivity index is 4.39. The van der Waals surface area contributed by atoms with E-state index in [0.29, 0.717) is 13.1 Å². The third-order valence-corrected chi connectivity index (χ3v) is 2.75. The molecule has 0 aliphatic carbocycles. The number of amides is 1. The smallest absolute Gasteiger partial charge is 0.308 e. The van der Waals surface area contributed by atoms with Crippen molar-refractivity contribution in [2.45, 2.75) is 47.0 Å². The summed E-state index contributed by atoms with van der Waals surface area (Å²) in [7, 11) is 0. The molecule has 0 saturated carbocycles. The number of carbonyl (C=O) groups is 2. The quantitative estimate of drug-likeness (QED) is 0.666. The molecule has 0 aromatic heterocycles. The summed E-state index contributed by atoms with van der Waals surface area (Å²) >= 11 is 0. The van der Waals surface area contributed by atoms with Gasteiger partial charge in [0.1, 0.15) is 0 Å². The van der Waals surface area contributed by atoms with E-state index in [1.165, 1.54) is 0 Å². The van der Waals surface area contributed by atoms with Gasteiger partial charge in [-0.1, -0.05) is 40.5 Å². The Hall–Kier alpha value is -1.06. The third-order valence-electron chi connectivity index (χ3n) is 2.75. The Bertz CT molecular complexity index is 251. The van der Waals surface area contributed by atoms with Crippen molar-refractivity contribution in [3.63, 3.8) is 0 Å². The number of carboxylic acid groups (broad SMARTS) is 1. The molecule has 0 spiro atoms. The molecule has 0 aliphatic rings. The topological polar surface area (TPSA) is 57.6 Å². The molecule has 4 nitrogen and oxygen atoms in total. The minimum atomic E-state index is -0.845. The van der Waals surface area contributed by atoms with E-state index in [2.05, 4.69) is 6.92 Å². The molecular weight excluding hydrogens is 218 g/mol. The Morgan fingerprint density at radius 1 is 1.18 bits per heavy atom. The summed E-state index contributed by atoms with van der Waals surface area (Å²) in [5, 5.41) is 8.88. The average Bonchev–Trinajstić information content (AvgIpc) is 2.26. The maximum absolute atomic E-state index is 11.9. The number of aliphatic carboxylic acids is 1. The van der Waals surface area contributed by atoms with Crippen molar-refractivity contribution >= 4 is 11.9 Å². The lowest BCUT2D eigenvalue weighted by Gasteiger charge is -2.26. The molecule has 1 unspecified atom stereocenters. The molecule has 1 atom stereocenters. The molecule has 0 fully saturated rings. The Morgan fingerprint density at radius 2 is 1.76 bits per heavy atom. The molecular formula is C13H25NO3. The van der Waals surface area contributed by atoms with Gasteiger partial charge in [-0.05, 0) is 6.42 Å². The van der Waals surface area contributed by atoms with Crippen molar-refractivity contribution < 1.29 is 14.7 Å². The summed E-state index contributed by atoms with van der Waals surface area (Å²) in [6.45, 7) is 8.43. The lowest BCUT2D eigenvalue weighted by atomic mass is 10.1. The second kappa shape index (κ2) is 8.09. The van der Waals surface area contributed by atoms with Crippen LogP contribution in [0, 0.1) is 11.8 Å². The maximum atomic E-state index is 11.9. The zero-order valence-corrected chi connectivity index (χ0v) is 11.4. The number of carboxylic acids is 1. The molecule has 0 aromatic rings. The fourth-order valence-electron chi connectivity index (χ4n) is 1.62. The van der Waals surface area contributed by atoms with E-state index in [1.807, 2.05) is 13.8 Å². The van der Waals surface area contributed by atoms with E-state index in [1.54, 1.807) is 11.8 Å². The molecule has 0 heterocycles. The van der Waals surface area contributed by atoms with Gasteiger partial charge in [0, 0.05) is 19.0 Å². The Kier molecular flexibility index (Phi) is 7.59. The lowest BCUT2D eigenvalue weighted by Crippen LogP contribution is -2.39. The van der Waals surface area contributed by atoms with Gasteiger partial charge < -0.3 is 10.0 Å². The van der Waals surface area contributed by atoms with Crippen molar-refractivity contribution in [2.75, 3.05) is 13.1 Å². The van der Waals surface area contributed by atoms with Crippen LogP contribution in [0.3, 0.4) is 0 Å². The first-order chi connectivity index (χ1) is 7.90. The first kappa shape index (κ1) is 15.9. The van der Waals surface area contributed by atoms with Crippen LogP contribution in [0.1, 0.15) is 47.0 Å². The zero-order valence-electron chi connectivity index (χ0n) is 11.4. The van der Waals surface area contributed by atoms with Gasteiger partial charge in [0.25, 0.3) is 0 Å². The van der Waals surface area contributed by atoms with E-state index in [0.717, 1.165) is 19.3 Å². The molecule has 1 amide bonds. The summed E-state index contributed by atoms with van der Waals surface area (Å²) in [6.07, 6.45) is 3.11. The highest BCUT2D eigenvalue weighted by Crippen LogP contribution is 2.08. The number of carbonyl (C=O) groups excluding carboxylic acids is 1. The van der Waals surface area contributed by atoms with Crippen LogP contribution in [0.5, 0.6) is 0 Å². The van der Waals surface area contributed by atoms with Crippen molar-refractivity contribution in [1.29, 1.82) is 0 Å². The first-order valence-electron chi connectivity index (χ1n) is 6.41. The molecule has 17 heavy (non-hydrogen) atoms. The van der Waals surface area contributed by atoms with Crippen LogP contribution >= 0.6 is 0 Å². The van der Waals surface area contributed by atoms with Crippen LogP contribution in [-0.4, -0.2) is 35.0 Å². The summed E-state index contributed by atoms with van der Waals surface area (Å²) in [5.74, 6) is -1.37. The highest BCUT2D eigenvalue weighted by molar-refractivity contribution is 5.79. The average molecular weight is 243 g/mol. The van der Waals surface area contributed by atoms with E-state index in [9.17, 15) is 9.59 Å². The summed E-state index contributed by atoms with van der Waals surface area (Å²) < 4.78 is 0. The van der Waals surface area contributed by atoms with Gasteiger partial charge in [-0.3, -0.25) is 9.59 Å². The maximum Gasteiger partial charge on any atom is 0.308 e. The van der Waals surface area contributed by atoms with E-state index < -0.39 is 11.9 Å². The molecule has 0 bridgehead atoms. The second-order valence-electron chi connectivity index (χ2n) is 4.89. The largest absolute Gasteiger partial charge is 0.481 e. The van der Waals surface area contributed by atoms with Crippen molar-refractivity contribution in [3.8, 4) is 0 Å². The van der Waals surface area contributed by atoms with Crippen molar-refractivity contribution in [1.82, 2.24) is 4.90 Å². The van der Waals surface area contributed by atoms with Crippen molar-refractivity contribution in [3.05, 3.63) is 0 Å². The predicted molar refractivity (Wildman–Crippen MR) is 67.7 cm³/mol. The van der Waals surface area contributed by atoms with Crippen LogP contribution in [0.2, 0.25) is 0 Å². The number of nitrogens with zero attached hydrogens (tertiary/aromatic N) is 1.